The van der Waals surface area contributed by atoms with Crippen molar-refractivity contribution in [1.29, 1.82) is 0 Å². The molecule has 0 aromatic heterocycles. The average molecular weight is 422 g/mol. The van der Waals surface area contributed by atoms with Crippen LogP contribution in [-0.4, -0.2) is 24.6 Å². The van der Waals surface area contributed by atoms with Gasteiger partial charge in [0.15, 0.2) is 0 Å². The lowest BCUT2D eigenvalue weighted by Crippen LogP contribution is -2.30. The second kappa shape index (κ2) is 11.1. The van der Waals surface area contributed by atoms with Crippen LogP contribution < -0.4 is 10.9 Å². The zero-order valence-corrected chi connectivity index (χ0v) is 16.1. The van der Waals surface area contributed by atoms with Gasteiger partial charge in [-0.3, -0.25) is 0 Å². The summed E-state index contributed by atoms with van der Waals surface area (Å²) in [5.74, 6) is -0.969. The van der Waals surface area contributed by atoms with Crippen molar-refractivity contribution in [2.45, 2.75) is 0 Å². The van der Waals surface area contributed by atoms with E-state index in [4.69, 9.17) is 0 Å². The highest BCUT2D eigenvalue weighted by molar-refractivity contribution is 5.86. The van der Waals surface area contributed by atoms with Crippen molar-refractivity contribution >= 4 is 24.6 Å². The molecule has 0 saturated heterocycles. The molecule has 31 heavy (non-hydrogen) atoms. The number of guanidine groups is 1. The van der Waals surface area contributed by atoms with E-state index in [9.17, 15) is 13.2 Å². The van der Waals surface area contributed by atoms with Gasteiger partial charge >= 0.3 is 0 Å². The Kier molecular flexibility index (Phi) is 7.64. The smallest absolute Gasteiger partial charge is 0.244 e. The van der Waals surface area contributed by atoms with E-state index in [2.05, 4.69) is 31.3 Å². The lowest BCUT2D eigenvalue weighted by molar-refractivity contribution is 0.627. The van der Waals surface area contributed by atoms with Crippen LogP contribution in [0.4, 0.5) is 13.2 Å². The summed E-state index contributed by atoms with van der Waals surface area (Å²) in [7, 11) is 0. The van der Waals surface area contributed by atoms with Crippen LogP contribution in [0.2, 0.25) is 0 Å². The van der Waals surface area contributed by atoms with Crippen LogP contribution in [0.3, 0.4) is 0 Å². The van der Waals surface area contributed by atoms with Gasteiger partial charge in [0.25, 0.3) is 5.96 Å². The normalized spacial score (nSPS) is 11.3. The van der Waals surface area contributed by atoms with Crippen LogP contribution in [0.15, 0.2) is 93.2 Å². The van der Waals surface area contributed by atoms with Crippen LogP contribution in [0, 0.1) is 17.5 Å². The summed E-state index contributed by atoms with van der Waals surface area (Å²) in [5.41, 5.74) is 7.26. The molecule has 0 aliphatic carbocycles. The highest BCUT2D eigenvalue weighted by Gasteiger charge is 1.96. The van der Waals surface area contributed by atoms with Crippen LogP contribution in [0.25, 0.3) is 0 Å². The molecule has 3 rings (SSSR count). The number of rotatable bonds is 6. The minimum Gasteiger partial charge on any atom is -0.244 e. The van der Waals surface area contributed by atoms with E-state index < -0.39 is 0 Å². The van der Waals surface area contributed by atoms with E-state index >= 15 is 0 Å². The number of hydrazone groups is 2. The second-order valence-electron chi connectivity index (χ2n) is 6.09. The highest BCUT2D eigenvalue weighted by Crippen LogP contribution is 2.01. The number of hydrogen-bond acceptors (Lipinski definition) is 4. The van der Waals surface area contributed by atoms with Gasteiger partial charge in [-0.1, -0.05) is 36.4 Å². The monoisotopic (exact) mass is 422 g/mol. The Labute approximate surface area is 176 Å². The third-order valence-corrected chi connectivity index (χ3v) is 3.74. The van der Waals surface area contributed by atoms with Crippen LogP contribution in [0.1, 0.15) is 16.7 Å². The lowest BCUT2D eigenvalue weighted by Gasteiger charge is -2.02. The largest absolute Gasteiger partial charge is 0.257 e. The van der Waals surface area contributed by atoms with Gasteiger partial charge in [-0.2, -0.15) is 15.3 Å². The summed E-state index contributed by atoms with van der Waals surface area (Å²) in [6, 6.07) is 17.2. The summed E-state index contributed by atoms with van der Waals surface area (Å²) in [5, 5.41) is 15.9. The van der Waals surface area contributed by atoms with E-state index in [0.29, 0.717) is 16.7 Å². The van der Waals surface area contributed by atoms with Crippen LogP contribution in [0.5, 0.6) is 0 Å². The van der Waals surface area contributed by atoms with Gasteiger partial charge in [0.05, 0.1) is 18.6 Å². The Morgan fingerprint density at radius 3 is 1.29 bits per heavy atom. The molecule has 0 aliphatic rings. The van der Waals surface area contributed by atoms with Gasteiger partial charge < -0.3 is 0 Å². The van der Waals surface area contributed by atoms with Crippen molar-refractivity contribution < 1.29 is 13.2 Å². The molecule has 3 aromatic carbocycles. The van der Waals surface area contributed by atoms with Crippen molar-refractivity contribution in [3.63, 3.8) is 0 Å². The first-order chi connectivity index (χ1) is 15.1. The molecule has 0 aliphatic heterocycles. The minimum absolute atomic E-state index is 0.0788. The molecule has 0 spiro atoms. The maximum Gasteiger partial charge on any atom is 0.257 e. The number of hydrogen-bond donors (Lipinski definition) is 2. The van der Waals surface area contributed by atoms with Crippen molar-refractivity contribution in [2.24, 2.45) is 20.4 Å². The predicted octanol–water partition coefficient (Wildman–Crippen LogP) is 4.04. The molecule has 3 aromatic rings. The zero-order chi connectivity index (χ0) is 21.9. The van der Waals surface area contributed by atoms with Crippen molar-refractivity contribution in [3.05, 3.63) is 107 Å². The molecule has 0 heterocycles. The molecule has 0 saturated carbocycles. The Morgan fingerprint density at radius 2 is 0.903 bits per heavy atom. The number of nitrogens with zero attached hydrogens (tertiary/aromatic N) is 4. The third-order valence-electron chi connectivity index (χ3n) is 3.74. The topological polar surface area (TPSA) is 73.5 Å². The van der Waals surface area contributed by atoms with Gasteiger partial charge in [-0.25, -0.2) is 24.0 Å². The Bertz CT molecular complexity index is 1030. The molecular weight excluding hydrogens is 405 g/mol. The fourth-order valence-corrected chi connectivity index (χ4v) is 2.21. The van der Waals surface area contributed by atoms with Crippen molar-refractivity contribution in [1.82, 2.24) is 10.9 Å². The second-order valence-corrected chi connectivity index (χ2v) is 6.09. The summed E-state index contributed by atoms with van der Waals surface area (Å²) in [6.07, 6.45) is 4.35. The van der Waals surface area contributed by atoms with Gasteiger partial charge in [-0.15, -0.1) is 5.10 Å². The first kappa shape index (κ1) is 21.4. The molecule has 0 radical (unpaired) electrons. The quantitative estimate of drug-likeness (QED) is 0.358. The number of nitrogens with one attached hydrogen (secondary N) is 2. The molecule has 0 fully saturated rings. The Balaban J connectivity index is 1.69. The molecule has 0 amide bonds. The maximum atomic E-state index is 13.0. The first-order valence-corrected chi connectivity index (χ1v) is 9.04. The van der Waals surface area contributed by atoms with Crippen molar-refractivity contribution in [2.75, 3.05) is 0 Å². The molecule has 6 nitrogen and oxygen atoms in total. The molecule has 0 atom stereocenters. The van der Waals surface area contributed by atoms with Gasteiger partial charge in [0.1, 0.15) is 17.5 Å². The molecular formula is C22H17F3N6. The predicted molar refractivity (Wildman–Crippen MR) is 116 cm³/mol. The van der Waals surface area contributed by atoms with E-state index in [1.54, 1.807) is 36.4 Å². The van der Waals surface area contributed by atoms with Crippen LogP contribution >= 0.6 is 0 Å². The molecule has 156 valence electrons. The summed E-state index contributed by atoms with van der Waals surface area (Å²) in [6.45, 7) is 0. The molecule has 2 N–H and O–H groups in total. The minimum atomic E-state index is -0.352. The summed E-state index contributed by atoms with van der Waals surface area (Å²) < 4.78 is 38.9. The number of benzene rings is 3. The average Bonchev–Trinajstić information content (AvgIpc) is 2.77. The van der Waals surface area contributed by atoms with E-state index in [1.165, 1.54) is 55.0 Å². The highest BCUT2D eigenvalue weighted by atomic mass is 19.1. The van der Waals surface area contributed by atoms with Crippen molar-refractivity contribution in [3.8, 4) is 0 Å². The SMILES string of the molecule is Fc1ccc(/C=N\N=C(N/N=C/c2ccc(F)cc2)N/N=C/c2ccc(F)cc2)cc1. The van der Waals surface area contributed by atoms with Gasteiger partial charge in [0, 0.05) is 0 Å². The standard InChI is InChI=1S/C22H17F3N6/c23-19-7-1-16(2-8-19)13-26-29-22(30-27-14-17-3-9-20(24)10-4-17)31-28-15-18-5-11-21(25)12-6-18/h1-15H,(H2,29,30,31)/b26-13-,27-14+,28-15+. The third kappa shape index (κ3) is 7.58. The fraction of sp³-hybridized carbons (Fsp3) is 0. The Morgan fingerprint density at radius 1 is 0.548 bits per heavy atom. The zero-order valence-electron chi connectivity index (χ0n) is 16.1. The van der Waals surface area contributed by atoms with Gasteiger partial charge in [-0.05, 0) is 53.1 Å². The van der Waals surface area contributed by atoms with Crippen LogP contribution in [-0.2, 0) is 0 Å². The molecule has 9 heteroatoms. The van der Waals surface area contributed by atoms with E-state index in [-0.39, 0.29) is 23.4 Å². The lowest BCUT2D eigenvalue weighted by atomic mass is 10.2. The van der Waals surface area contributed by atoms with E-state index in [1.807, 2.05) is 0 Å². The first-order valence-electron chi connectivity index (χ1n) is 9.04. The summed E-state index contributed by atoms with van der Waals surface area (Å²) in [4.78, 5) is 0. The Hall–Kier alpha value is -4.27. The van der Waals surface area contributed by atoms with E-state index in [0.717, 1.165) is 0 Å². The molecule has 0 unspecified atom stereocenters. The number of halogens is 3. The maximum absolute atomic E-state index is 13.0. The summed E-state index contributed by atoms with van der Waals surface area (Å²) >= 11 is 0. The van der Waals surface area contributed by atoms with Gasteiger partial charge in [0.2, 0.25) is 0 Å². The molecule has 0 bridgehead atoms. The fourth-order valence-electron chi connectivity index (χ4n) is 2.21.